The molecule has 1 aromatic carbocycles. The van der Waals surface area contributed by atoms with Crippen LogP contribution in [0.1, 0.15) is 58.4 Å². The summed E-state index contributed by atoms with van der Waals surface area (Å²) in [4.78, 5) is 25.4. The molecule has 1 unspecified atom stereocenters. The number of carboxylic acids is 1. The van der Waals surface area contributed by atoms with Gasteiger partial charge in [0.25, 0.3) is 0 Å². The largest absolute Gasteiger partial charge is 0.492 e. The average molecular weight is 436 g/mol. The molecule has 1 amide bonds. The van der Waals surface area contributed by atoms with Gasteiger partial charge in [-0.2, -0.15) is 0 Å². The molecule has 1 aliphatic rings. The lowest BCUT2D eigenvalue weighted by molar-refractivity contribution is -0.149. The van der Waals surface area contributed by atoms with Crippen molar-refractivity contribution in [2.75, 3.05) is 26.3 Å². The van der Waals surface area contributed by atoms with Gasteiger partial charge >= 0.3 is 12.1 Å². The number of rotatable bonds is 13. The molecule has 0 spiro atoms. The predicted octanol–water partition coefficient (Wildman–Crippen LogP) is 4.52. The number of nitrogens with zero attached hydrogens (tertiary/aromatic N) is 1. The van der Waals surface area contributed by atoms with Gasteiger partial charge in [-0.05, 0) is 50.8 Å². The Morgan fingerprint density at radius 3 is 2.39 bits per heavy atom. The lowest BCUT2D eigenvalue weighted by Crippen LogP contribution is -2.37. The number of carbonyl (C=O) groups excluding carboxylic acids is 1. The van der Waals surface area contributed by atoms with E-state index in [1.807, 2.05) is 38.1 Å². The molecule has 1 fully saturated rings. The third-order valence-corrected chi connectivity index (χ3v) is 5.49. The zero-order chi connectivity index (χ0) is 22.6. The average Bonchev–Trinajstić information content (AvgIpc) is 3.24. The summed E-state index contributed by atoms with van der Waals surface area (Å²) in [5.74, 6) is 0.419. The molecule has 2 rings (SSSR count). The van der Waals surface area contributed by atoms with Gasteiger partial charge in [0.2, 0.25) is 0 Å². The highest BCUT2D eigenvalue weighted by atomic mass is 16.6. The minimum absolute atomic E-state index is 0.152. The molecular formula is C24H37NO6. The summed E-state index contributed by atoms with van der Waals surface area (Å²) in [5, 5.41) is 9.21. The minimum atomic E-state index is -0.965. The van der Waals surface area contributed by atoms with Crippen molar-refractivity contribution in [3.05, 3.63) is 29.8 Å². The summed E-state index contributed by atoms with van der Waals surface area (Å²) in [7, 11) is 0. The summed E-state index contributed by atoms with van der Waals surface area (Å²) in [6.45, 7) is 7.36. The van der Waals surface area contributed by atoms with Crippen LogP contribution in [0.2, 0.25) is 0 Å². The second-order valence-electron chi connectivity index (χ2n) is 8.34. The smallest absolute Gasteiger partial charge is 0.410 e. The molecule has 0 aromatic heterocycles. The van der Waals surface area contributed by atoms with Crippen LogP contribution in [0.25, 0.3) is 0 Å². The van der Waals surface area contributed by atoms with Crippen molar-refractivity contribution in [3.8, 4) is 5.75 Å². The van der Waals surface area contributed by atoms with Crippen molar-refractivity contribution in [2.45, 2.75) is 71.5 Å². The van der Waals surface area contributed by atoms with Gasteiger partial charge in [0.1, 0.15) is 12.4 Å². The number of amides is 1. The molecule has 1 aromatic rings. The number of carboxylic acid groups (broad SMARTS) is 1. The van der Waals surface area contributed by atoms with E-state index < -0.39 is 12.1 Å². The molecule has 0 saturated heterocycles. The van der Waals surface area contributed by atoms with Gasteiger partial charge in [0.15, 0.2) is 6.10 Å². The molecule has 1 saturated carbocycles. The minimum Gasteiger partial charge on any atom is -0.492 e. The van der Waals surface area contributed by atoms with Crippen LogP contribution < -0.4 is 4.74 Å². The van der Waals surface area contributed by atoms with Crippen LogP contribution in [0, 0.1) is 5.92 Å². The molecule has 7 heteroatoms. The molecule has 7 nitrogen and oxygen atoms in total. The lowest BCUT2D eigenvalue weighted by atomic mass is 10.0. The number of aliphatic carboxylic acids is 1. The fourth-order valence-corrected chi connectivity index (χ4v) is 3.84. The van der Waals surface area contributed by atoms with E-state index in [-0.39, 0.29) is 12.2 Å². The zero-order valence-electron chi connectivity index (χ0n) is 19.0. The van der Waals surface area contributed by atoms with E-state index in [2.05, 4.69) is 0 Å². The van der Waals surface area contributed by atoms with Gasteiger partial charge in [-0.15, -0.1) is 0 Å². The quantitative estimate of drug-likeness (QED) is 0.490. The van der Waals surface area contributed by atoms with Gasteiger partial charge in [0, 0.05) is 19.6 Å². The van der Waals surface area contributed by atoms with E-state index >= 15 is 0 Å². The maximum Gasteiger partial charge on any atom is 0.410 e. The molecule has 0 heterocycles. The first-order chi connectivity index (χ1) is 14.9. The predicted molar refractivity (Wildman–Crippen MR) is 118 cm³/mol. The SMILES string of the molecule is CCOC(Cc1ccc(OCCN(CCC2CCCC2)C(=O)OC(C)C)cc1)C(=O)O. The van der Waals surface area contributed by atoms with Gasteiger partial charge < -0.3 is 24.2 Å². The Kier molecular flexibility index (Phi) is 10.6. The zero-order valence-corrected chi connectivity index (χ0v) is 19.0. The highest BCUT2D eigenvalue weighted by Crippen LogP contribution is 2.27. The van der Waals surface area contributed by atoms with Crippen LogP contribution in [0.5, 0.6) is 5.75 Å². The van der Waals surface area contributed by atoms with Crippen LogP contribution in [-0.2, 0) is 20.7 Å². The fraction of sp³-hybridized carbons (Fsp3) is 0.667. The van der Waals surface area contributed by atoms with E-state index in [1.165, 1.54) is 25.7 Å². The van der Waals surface area contributed by atoms with E-state index in [9.17, 15) is 14.7 Å². The van der Waals surface area contributed by atoms with E-state index in [1.54, 1.807) is 11.8 Å². The molecule has 31 heavy (non-hydrogen) atoms. The third-order valence-electron chi connectivity index (χ3n) is 5.49. The second-order valence-corrected chi connectivity index (χ2v) is 8.34. The maximum absolute atomic E-state index is 12.4. The Bertz CT molecular complexity index is 669. The summed E-state index contributed by atoms with van der Waals surface area (Å²) >= 11 is 0. The van der Waals surface area contributed by atoms with Gasteiger partial charge in [0.05, 0.1) is 12.6 Å². The van der Waals surface area contributed by atoms with Crippen molar-refractivity contribution < 1.29 is 28.9 Å². The third kappa shape index (κ3) is 9.17. The topological polar surface area (TPSA) is 85.3 Å². The molecule has 1 N–H and O–H groups in total. The highest BCUT2D eigenvalue weighted by molar-refractivity contribution is 5.72. The van der Waals surface area contributed by atoms with Crippen LogP contribution in [-0.4, -0.2) is 60.6 Å². The summed E-state index contributed by atoms with van der Waals surface area (Å²) in [6.07, 6.45) is 5.10. The molecule has 174 valence electrons. The molecule has 0 bridgehead atoms. The highest BCUT2D eigenvalue weighted by Gasteiger charge is 2.21. The van der Waals surface area contributed by atoms with Crippen molar-refractivity contribution in [1.29, 1.82) is 0 Å². The first-order valence-electron chi connectivity index (χ1n) is 11.4. The number of hydrogen-bond donors (Lipinski definition) is 1. The first-order valence-corrected chi connectivity index (χ1v) is 11.4. The first kappa shape index (κ1) is 25.0. The number of carbonyl (C=O) groups is 2. The summed E-state index contributed by atoms with van der Waals surface area (Å²) in [5.41, 5.74) is 0.868. The van der Waals surface area contributed by atoms with Crippen molar-refractivity contribution in [2.24, 2.45) is 5.92 Å². The van der Waals surface area contributed by atoms with Crippen LogP contribution >= 0.6 is 0 Å². The van der Waals surface area contributed by atoms with Crippen molar-refractivity contribution >= 4 is 12.1 Å². The summed E-state index contributed by atoms with van der Waals surface area (Å²) in [6, 6.07) is 7.31. The van der Waals surface area contributed by atoms with Crippen molar-refractivity contribution in [1.82, 2.24) is 4.90 Å². The maximum atomic E-state index is 12.4. The summed E-state index contributed by atoms with van der Waals surface area (Å²) < 4.78 is 16.5. The lowest BCUT2D eigenvalue weighted by Gasteiger charge is -2.24. The Morgan fingerprint density at radius 2 is 1.81 bits per heavy atom. The normalized spacial score (nSPS) is 15.1. The van der Waals surface area contributed by atoms with E-state index in [0.29, 0.717) is 44.4 Å². The Hall–Kier alpha value is -2.28. The van der Waals surface area contributed by atoms with E-state index in [4.69, 9.17) is 14.2 Å². The molecule has 0 aliphatic heterocycles. The van der Waals surface area contributed by atoms with Gasteiger partial charge in [-0.1, -0.05) is 37.8 Å². The number of benzene rings is 1. The Balaban J connectivity index is 1.83. The van der Waals surface area contributed by atoms with Crippen LogP contribution in [0.15, 0.2) is 24.3 Å². The van der Waals surface area contributed by atoms with Crippen molar-refractivity contribution in [3.63, 3.8) is 0 Å². The Morgan fingerprint density at radius 1 is 1.13 bits per heavy atom. The fourth-order valence-electron chi connectivity index (χ4n) is 3.84. The monoisotopic (exact) mass is 435 g/mol. The number of hydrogen-bond acceptors (Lipinski definition) is 5. The van der Waals surface area contributed by atoms with Crippen LogP contribution in [0.3, 0.4) is 0 Å². The Labute approximate surface area is 185 Å². The molecular weight excluding hydrogens is 398 g/mol. The molecule has 1 atom stereocenters. The molecule has 1 aliphatic carbocycles. The standard InChI is InChI=1S/C24H37NO6/c1-4-29-22(23(26)27)17-20-9-11-21(12-10-20)30-16-15-25(24(28)31-18(2)3)14-13-19-7-5-6-8-19/h9-12,18-19,22H,4-8,13-17H2,1-3H3,(H,26,27). The van der Waals surface area contributed by atoms with E-state index in [0.717, 1.165) is 12.0 Å². The second kappa shape index (κ2) is 13.2. The van der Waals surface area contributed by atoms with Crippen LogP contribution in [0.4, 0.5) is 4.79 Å². The van der Waals surface area contributed by atoms with Gasteiger partial charge in [-0.3, -0.25) is 0 Å². The number of ether oxygens (including phenoxy) is 3. The molecule has 0 radical (unpaired) electrons. The van der Waals surface area contributed by atoms with Gasteiger partial charge in [-0.25, -0.2) is 9.59 Å².